The molecule has 0 heterocycles. The largest absolute Gasteiger partial charge is 0.372 e. The van der Waals surface area contributed by atoms with Crippen LogP contribution in [-0.2, 0) is 9.84 Å². The van der Waals surface area contributed by atoms with E-state index in [0.29, 0.717) is 11.7 Å². The van der Waals surface area contributed by atoms with E-state index in [4.69, 9.17) is 0 Å². The minimum absolute atomic E-state index is 0.0851. The Balaban J connectivity index is 2.41. The fraction of sp³-hybridized carbons (Fsp3) is 0.294. The van der Waals surface area contributed by atoms with Crippen molar-refractivity contribution in [2.24, 2.45) is 0 Å². The Morgan fingerprint density at radius 3 is 2.40 bits per heavy atom. The average molecular weight is 363 g/mol. The molecule has 0 aromatic heterocycles. The lowest BCUT2D eigenvalue weighted by molar-refractivity contribution is -0.384. The van der Waals surface area contributed by atoms with Crippen LogP contribution in [0.4, 0.5) is 22.7 Å². The molecule has 0 aliphatic carbocycles. The molecule has 7 nitrogen and oxygen atoms in total. The van der Waals surface area contributed by atoms with Gasteiger partial charge in [-0.3, -0.25) is 10.1 Å². The summed E-state index contributed by atoms with van der Waals surface area (Å²) in [6.45, 7) is 4.13. The Bertz CT molecular complexity index is 895. The molecule has 0 aliphatic rings. The van der Waals surface area contributed by atoms with Crippen molar-refractivity contribution in [1.29, 1.82) is 0 Å². The van der Waals surface area contributed by atoms with Crippen LogP contribution < -0.4 is 10.2 Å². The molecule has 0 fully saturated rings. The second-order valence-electron chi connectivity index (χ2n) is 6.09. The second kappa shape index (κ2) is 7.10. The third-order valence-corrected chi connectivity index (χ3v) is 5.01. The van der Waals surface area contributed by atoms with Crippen LogP contribution in [-0.4, -0.2) is 32.7 Å². The third-order valence-electron chi connectivity index (χ3n) is 3.90. The maximum absolute atomic E-state index is 11.6. The molecule has 0 saturated carbocycles. The number of hydrogen-bond acceptors (Lipinski definition) is 6. The van der Waals surface area contributed by atoms with Gasteiger partial charge in [-0.05, 0) is 44.2 Å². The Labute approximate surface area is 147 Å². The number of benzene rings is 2. The van der Waals surface area contributed by atoms with E-state index < -0.39 is 14.8 Å². The normalized spacial score (nSPS) is 11.4. The summed E-state index contributed by atoms with van der Waals surface area (Å²) in [5, 5.41) is 14.3. The molecule has 0 saturated heterocycles. The SMILES string of the molecule is CC(C)N(C)c1cccc(Nc2ccc(S(C)(=O)=O)cc2[N+](=O)[O-])c1. The van der Waals surface area contributed by atoms with Gasteiger partial charge in [0.2, 0.25) is 0 Å². The lowest BCUT2D eigenvalue weighted by atomic mass is 10.2. The van der Waals surface area contributed by atoms with Gasteiger partial charge < -0.3 is 10.2 Å². The van der Waals surface area contributed by atoms with Crippen molar-refractivity contribution < 1.29 is 13.3 Å². The lowest BCUT2D eigenvalue weighted by Crippen LogP contribution is -2.25. The highest BCUT2D eigenvalue weighted by Gasteiger charge is 2.19. The summed E-state index contributed by atoms with van der Waals surface area (Å²) in [5.74, 6) is 0. The minimum Gasteiger partial charge on any atom is -0.372 e. The quantitative estimate of drug-likeness (QED) is 0.623. The van der Waals surface area contributed by atoms with Crippen LogP contribution in [0.25, 0.3) is 0 Å². The Kier molecular flexibility index (Phi) is 5.32. The summed E-state index contributed by atoms with van der Waals surface area (Å²) >= 11 is 0. The average Bonchev–Trinajstić information content (AvgIpc) is 2.53. The molecule has 0 bridgehead atoms. The second-order valence-corrected chi connectivity index (χ2v) is 8.10. The van der Waals surface area contributed by atoms with E-state index in [9.17, 15) is 18.5 Å². The van der Waals surface area contributed by atoms with Gasteiger partial charge in [-0.15, -0.1) is 0 Å². The number of nitro benzene ring substituents is 1. The lowest BCUT2D eigenvalue weighted by Gasteiger charge is -2.24. The predicted octanol–water partition coefficient (Wildman–Crippen LogP) is 3.59. The molecule has 2 aromatic rings. The summed E-state index contributed by atoms with van der Waals surface area (Å²) in [6.07, 6.45) is 1.02. The molecule has 2 aromatic carbocycles. The van der Waals surface area contributed by atoms with Crippen molar-refractivity contribution in [2.45, 2.75) is 24.8 Å². The van der Waals surface area contributed by atoms with Crippen LogP contribution in [0.5, 0.6) is 0 Å². The summed E-state index contributed by atoms with van der Waals surface area (Å²) in [6, 6.07) is 11.6. The van der Waals surface area contributed by atoms with Crippen LogP contribution >= 0.6 is 0 Å². The first kappa shape index (κ1) is 18.7. The van der Waals surface area contributed by atoms with E-state index in [2.05, 4.69) is 24.1 Å². The van der Waals surface area contributed by atoms with Gasteiger partial charge in [0.25, 0.3) is 5.69 Å². The van der Waals surface area contributed by atoms with E-state index in [1.54, 1.807) is 6.07 Å². The number of nitro groups is 1. The van der Waals surface area contributed by atoms with Crippen LogP contribution in [0.1, 0.15) is 13.8 Å². The fourth-order valence-corrected chi connectivity index (χ4v) is 2.90. The Morgan fingerprint density at radius 2 is 1.84 bits per heavy atom. The minimum atomic E-state index is -3.51. The number of anilines is 3. The number of nitrogens with zero attached hydrogens (tertiary/aromatic N) is 2. The van der Waals surface area contributed by atoms with Gasteiger partial charge in [0.05, 0.1) is 9.82 Å². The van der Waals surface area contributed by atoms with Crippen molar-refractivity contribution in [3.63, 3.8) is 0 Å². The first-order valence-electron chi connectivity index (χ1n) is 7.68. The van der Waals surface area contributed by atoms with E-state index in [0.717, 1.165) is 18.0 Å². The van der Waals surface area contributed by atoms with Gasteiger partial charge in [-0.2, -0.15) is 0 Å². The van der Waals surface area contributed by atoms with Gasteiger partial charge in [0.15, 0.2) is 9.84 Å². The zero-order chi connectivity index (χ0) is 18.8. The zero-order valence-corrected chi connectivity index (χ0v) is 15.4. The molecule has 0 amide bonds. The van der Waals surface area contributed by atoms with E-state index in [1.165, 1.54) is 12.1 Å². The van der Waals surface area contributed by atoms with Crippen molar-refractivity contribution in [1.82, 2.24) is 0 Å². The topological polar surface area (TPSA) is 92.6 Å². The first-order valence-corrected chi connectivity index (χ1v) is 9.57. The van der Waals surface area contributed by atoms with Gasteiger partial charge in [-0.1, -0.05) is 6.07 Å². The molecule has 8 heteroatoms. The summed E-state index contributed by atoms with van der Waals surface area (Å²) < 4.78 is 23.2. The summed E-state index contributed by atoms with van der Waals surface area (Å²) in [7, 11) is -1.55. The predicted molar refractivity (Wildman–Crippen MR) is 99.5 cm³/mol. The molecular weight excluding hydrogens is 342 g/mol. The molecule has 2 rings (SSSR count). The van der Waals surface area contributed by atoms with Crippen molar-refractivity contribution in [3.8, 4) is 0 Å². The maximum atomic E-state index is 11.6. The third kappa shape index (κ3) is 4.48. The number of nitrogens with one attached hydrogen (secondary N) is 1. The Morgan fingerprint density at radius 1 is 1.16 bits per heavy atom. The molecule has 0 spiro atoms. The van der Waals surface area contributed by atoms with E-state index >= 15 is 0 Å². The molecule has 0 aliphatic heterocycles. The molecule has 0 unspecified atom stereocenters. The van der Waals surface area contributed by atoms with Gasteiger partial charge in [0.1, 0.15) is 5.69 Å². The van der Waals surface area contributed by atoms with E-state index in [-0.39, 0.29) is 16.3 Å². The monoisotopic (exact) mass is 363 g/mol. The smallest absolute Gasteiger partial charge is 0.293 e. The molecule has 0 radical (unpaired) electrons. The highest BCUT2D eigenvalue weighted by molar-refractivity contribution is 7.90. The molecule has 134 valence electrons. The number of sulfone groups is 1. The van der Waals surface area contributed by atoms with E-state index in [1.807, 2.05) is 25.2 Å². The highest BCUT2D eigenvalue weighted by atomic mass is 32.2. The van der Waals surface area contributed by atoms with Gasteiger partial charge >= 0.3 is 0 Å². The van der Waals surface area contributed by atoms with Crippen molar-refractivity contribution >= 4 is 32.6 Å². The summed E-state index contributed by atoms with van der Waals surface area (Å²) in [5.41, 5.74) is 1.60. The molecule has 25 heavy (non-hydrogen) atoms. The molecule has 0 atom stereocenters. The van der Waals surface area contributed by atoms with Crippen molar-refractivity contribution in [2.75, 3.05) is 23.5 Å². The van der Waals surface area contributed by atoms with Crippen molar-refractivity contribution in [3.05, 3.63) is 52.6 Å². The molecular formula is C17H21N3O4S. The van der Waals surface area contributed by atoms with Crippen LogP contribution in [0.3, 0.4) is 0 Å². The number of rotatable bonds is 6. The summed E-state index contributed by atoms with van der Waals surface area (Å²) in [4.78, 5) is 12.7. The van der Waals surface area contributed by atoms with Gasteiger partial charge in [0, 0.05) is 36.8 Å². The Hall–Kier alpha value is -2.61. The van der Waals surface area contributed by atoms with Gasteiger partial charge in [-0.25, -0.2) is 8.42 Å². The molecule has 1 N–H and O–H groups in total. The van der Waals surface area contributed by atoms with Crippen LogP contribution in [0, 0.1) is 10.1 Å². The zero-order valence-electron chi connectivity index (χ0n) is 14.6. The maximum Gasteiger partial charge on any atom is 0.293 e. The number of hydrogen-bond donors (Lipinski definition) is 1. The highest BCUT2D eigenvalue weighted by Crippen LogP contribution is 2.31. The standard InChI is InChI=1S/C17H21N3O4S/c1-12(2)19(3)14-7-5-6-13(10-14)18-16-9-8-15(25(4,23)24)11-17(16)20(21)22/h5-12,18H,1-4H3. The van der Waals surface area contributed by atoms with Crippen LogP contribution in [0.2, 0.25) is 0 Å². The fourth-order valence-electron chi connectivity index (χ4n) is 2.26. The van der Waals surface area contributed by atoms with Crippen LogP contribution in [0.15, 0.2) is 47.4 Å². The first-order chi connectivity index (χ1) is 11.6.